The Morgan fingerprint density at radius 1 is 1.31 bits per heavy atom. The van der Waals surface area contributed by atoms with Crippen LogP contribution >= 0.6 is 11.6 Å². The van der Waals surface area contributed by atoms with E-state index < -0.39 is 17.2 Å². The number of rotatable bonds is 3. The van der Waals surface area contributed by atoms with E-state index in [0.29, 0.717) is 18.6 Å². The van der Waals surface area contributed by atoms with Gasteiger partial charge in [0, 0.05) is 37.3 Å². The van der Waals surface area contributed by atoms with E-state index in [9.17, 15) is 14.7 Å². The Morgan fingerprint density at radius 2 is 2.07 bits per heavy atom. The standard InChI is InChI=1S/C21H21ClFN3O3/c22-17-18-12(20(27)14(21(28)29)9-26(18)11-4-5-11)6-15(23)19(17)25-7-10-2-1-3-16(24)13(10)8-25/h2,6,9,11,13,16H,1,3-5,7-8,24H2,(H,28,29)/t13-,16+/m1/s1. The number of carboxylic acid groups (broad SMARTS) is 1. The summed E-state index contributed by atoms with van der Waals surface area (Å²) in [7, 11) is 0. The summed E-state index contributed by atoms with van der Waals surface area (Å²) in [4.78, 5) is 26.1. The molecule has 3 N–H and O–H groups in total. The number of fused-ring (bicyclic) bond motifs is 2. The van der Waals surface area contributed by atoms with Gasteiger partial charge in [-0.25, -0.2) is 9.18 Å². The lowest BCUT2D eigenvalue weighted by Gasteiger charge is -2.25. The van der Waals surface area contributed by atoms with Crippen molar-refractivity contribution in [2.45, 2.75) is 37.8 Å². The topological polar surface area (TPSA) is 88.6 Å². The Hall–Kier alpha value is -2.38. The molecule has 2 aliphatic carbocycles. The molecular formula is C21H21ClFN3O3. The van der Waals surface area contributed by atoms with Gasteiger partial charge in [0.15, 0.2) is 0 Å². The van der Waals surface area contributed by atoms with Gasteiger partial charge < -0.3 is 20.3 Å². The summed E-state index contributed by atoms with van der Waals surface area (Å²) < 4.78 is 16.9. The molecule has 2 aromatic rings. The lowest BCUT2D eigenvalue weighted by atomic mass is 9.86. The Morgan fingerprint density at radius 3 is 2.72 bits per heavy atom. The van der Waals surface area contributed by atoms with Crippen LogP contribution in [0.5, 0.6) is 0 Å². The first-order valence-corrected chi connectivity index (χ1v) is 10.2. The van der Waals surface area contributed by atoms with E-state index in [-0.39, 0.29) is 39.7 Å². The maximum atomic E-state index is 15.2. The lowest BCUT2D eigenvalue weighted by molar-refractivity contribution is 0.0695. The van der Waals surface area contributed by atoms with Crippen molar-refractivity contribution in [1.82, 2.24) is 4.57 Å². The minimum atomic E-state index is -1.32. The SMILES string of the molecule is N[C@H]1CCC=C2CN(c3c(F)cc4c(=O)c(C(=O)O)cn(C5CC5)c4c3Cl)C[C@H]21. The summed E-state index contributed by atoms with van der Waals surface area (Å²) in [5.41, 5.74) is 7.07. The Labute approximate surface area is 171 Å². The highest BCUT2D eigenvalue weighted by atomic mass is 35.5. The van der Waals surface area contributed by atoms with Crippen LogP contribution in [0.25, 0.3) is 10.9 Å². The molecule has 1 aliphatic heterocycles. The predicted molar refractivity (Wildman–Crippen MR) is 109 cm³/mol. The highest BCUT2D eigenvalue weighted by Crippen LogP contribution is 2.44. The zero-order chi connectivity index (χ0) is 20.4. The molecule has 29 heavy (non-hydrogen) atoms. The van der Waals surface area contributed by atoms with Gasteiger partial charge in [-0.2, -0.15) is 0 Å². The Kier molecular flexibility index (Phi) is 4.22. The van der Waals surface area contributed by atoms with E-state index in [1.165, 1.54) is 11.8 Å². The zero-order valence-corrected chi connectivity index (χ0v) is 16.5. The molecule has 3 aliphatic rings. The largest absolute Gasteiger partial charge is 0.477 e. The summed E-state index contributed by atoms with van der Waals surface area (Å²) in [5, 5.41) is 9.57. The molecule has 1 saturated heterocycles. The van der Waals surface area contributed by atoms with Crippen LogP contribution in [0.2, 0.25) is 5.02 Å². The van der Waals surface area contributed by atoms with Gasteiger partial charge in [-0.3, -0.25) is 4.79 Å². The van der Waals surface area contributed by atoms with Gasteiger partial charge in [-0.15, -0.1) is 0 Å². The number of anilines is 1. The summed E-state index contributed by atoms with van der Waals surface area (Å²) in [6.07, 6.45) is 7.10. The summed E-state index contributed by atoms with van der Waals surface area (Å²) >= 11 is 6.70. The van der Waals surface area contributed by atoms with Crippen LogP contribution in [0.1, 0.15) is 42.1 Å². The fourth-order valence-electron chi connectivity index (χ4n) is 4.73. The molecule has 5 rings (SSSR count). The van der Waals surface area contributed by atoms with Crippen molar-refractivity contribution in [3.63, 3.8) is 0 Å². The van der Waals surface area contributed by atoms with Crippen molar-refractivity contribution in [2.75, 3.05) is 18.0 Å². The van der Waals surface area contributed by atoms with E-state index in [1.54, 1.807) is 4.57 Å². The number of benzene rings is 1. The van der Waals surface area contributed by atoms with Crippen LogP contribution in [-0.2, 0) is 0 Å². The minimum Gasteiger partial charge on any atom is -0.477 e. The molecule has 0 radical (unpaired) electrons. The number of pyridine rings is 1. The first-order valence-electron chi connectivity index (χ1n) is 9.86. The summed E-state index contributed by atoms with van der Waals surface area (Å²) in [6, 6.07) is 1.26. The van der Waals surface area contributed by atoms with E-state index in [2.05, 4.69) is 6.08 Å². The van der Waals surface area contributed by atoms with Crippen molar-refractivity contribution in [2.24, 2.45) is 11.7 Å². The van der Waals surface area contributed by atoms with E-state index in [4.69, 9.17) is 17.3 Å². The van der Waals surface area contributed by atoms with Gasteiger partial charge in [0.1, 0.15) is 11.4 Å². The average molecular weight is 418 g/mol. The summed E-state index contributed by atoms with van der Waals surface area (Å²) in [6.45, 7) is 1.14. The molecule has 152 valence electrons. The molecule has 0 amide bonds. The first-order chi connectivity index (χ1) is 13.9. The van der Waals surface area contributed by atoms with Crippen molar-refractivity contribution in [3.8, 4) is 0 Å². The second-order valence-corrected chi connectivity index (χ2v) is 8.62. The molecule has 2 heterocycles. The van der Waals surface area contributed by atoms with E-state index in [0.717, 1.165) is 31.7 Å². The predicted octanol–water partition coefficient (Wildman–Crippen LogP) is 3.31. The smallest absolute Gasteiger partial charge is 0.341 e. The van der Waals surface area contributed by atoms with Crippen LogP contribution in [0, 0.1) is 11.7 Å². The van der Waals surface area contributed by atoms with Crippen LogP contribution in [-0.4, -0.2) is 34.8 Å². The van der Waals surface area contributed by atoms with Crippen molar-refractivity contribution in [1.29, 1.82) is 0 Å². The third-order valence-electron chi connectivity index (χ3n) is 6.36. The number of aromatic nitrogens is 1. The maximum Gasteiger partial charge on any atom is 0.341 e. The number of halogens is 2. The number of carbonyl (C=O) groups is 1. The molecule has 1 saturated carbocycles. The van der Waals surface area contributed by atoms with Crippen molar-refractivity contribution in [3.05, 3.63) is 50.5 Å². The normalized spacial score (nSPS) is 24.0. The van der Waals surface area contributed by atoms with Crippen LogP contribution in [0.4, 0.5) is 10.1 Å². The molecule has 0 spiro atoms. The highest BCUT2D eigenvalue weighted by Gasteiger charge is 2.37. The monoisotopic (exact) mass is 417 g/mol. The number of hydrogen-bond acceptors (Lipinski definition) is 4. The van der Waals surface area contributed by atoms with Crippen molar-refractivity contribution < 1.29 is 14.3 Å². The van der Waals surface area contributed by atoms with E-state index >= 15 is 4.39 Å². The highest BCUT2D eigenvalue weighted by molar-refractivity contribution is 6.38. The number of hydrogen-bond donors (Lipinski definition) is 2. The van der Waals surface area contributed by atoms with Gasteiger partial charge in [0.2, 0.25) is 5.43 Å². The van der Waals surface area contributed by atoms with Gasteiger partial charge in [-0.1, -0.05) is 17.7 Å². The van der Waals surface area contributed by atoms with E-state index in [1.807, 2.05) is 4.90 Å². The first kappa shape index (κ1) is 18.6. The second kappa shape index (κ2) is 6.57. The average Bonchev–Trinajstić information content (AvgIpc) is 3.42. The summed E-state index contributed by atoms with van der Waals surface area (Å²) in [5.74, 6) is -1.76. The molecule has 1 aromatic heterocycles. The number of nitrogens with zero attached hydrogens (tertiary/aromatic N) is 2. The van der Waals surface area contributed by atoms with Gasteiger partial charge in [0.05, 0.1) is 21.6 Å². The molecule has 6 nitrogen and oxygen atoms in total. The maximum absolute atomic E-state index is 15.2. The number of nitrogens with two attached hydrogens (primary N) is 1. The Balaban J connectivity index is 1.71. The number of aromatic carboxylic acids is 1. The number of allylic oxidation sites excluding steroid dienone is 1. The third kappa shape index (κ3) is 2.87. The second-order valence-electron chi connectivity index (χ2n) is 8.24. The molecule has 2 fully saturated rings. The Bertz CT molecular complexity index is 1140. The minimum absolute atomic E-state index is 0.00980. The third-order valence-corrected chi connectivity index (χ3v) is 6.72. The zero-order valence-electron chi connectivity index (χ0n) is 15.7. The van der Waals surface area contributed by atoms with Gasteiger partial charge in [-0.05, 0) is 37.3 Å². The quantitative estimate of drug-likeness (QED) is 0.748. The molecule has 1 aromatic carbocycles. The molecule has 0 bridgehead atoms. The van der Waals surface area contributed by atoms with Crippen molar-refractivity contribution >= 4 is 34.2 Å². The molecule has 0 unspecified atom stereocenters. The van der Waals surface area contributed by atoms with Crippen LogP contribution in [0.15, 0.2) is 28.7 Å². The fraction of sp³-hybridized carbons (Fsp3) is 0.429. The van der Waals surface area contributed by atoms with Crippen LogP contribution < -0.4 is 16.1 Å². The fourth-order valence-corrected chi connectivity index (χ4v) is 5.14. The molecule has 8 heteroatoms. The molecular weight excluding hydrogens is 397 g/mol. The molecule has 2 atom stereocenters. The lowest BCUT2D eigenvalue weighted by Crippen LogP contribution is -2.34. The number of carboxylic acids is 1. The van der Waals surface area contributed by atoms with Crippen LogP contribution in [0.3, 0.4) is 0 Å². The van der Waals surface area contributed by atoms with Gasteiger partial charge in [0.25, 0.3) is 0 Å². The van der Waals surface area contributed by atoms with Gasteiger partial charge >= 0.3 is 5.97 Å².